The molecule has 0 aromatic carbocycles. The average molecular weight is 163 g/mol. The van der Waals surface area contributed by atoms with Gasteiger partial charge >= 0.3 is 0 Å². The van der Waals surface area contributed by atoms with Crippen LogP contribution >= 0.6 is 0 Å². The quantitative estimate of drug-likeness (QED) is 0.657. The van der Waals surface area contributed by atoms with E-state index in [-0.39, 0.29) is 5.75 Å². The zero-order valence-electron chi connectivity index (χ0n) is 5.91. The molecule has 0 aromatic rings. The first-order valence-electron chi connectivity index (χ1n) is 3.58. The Kier molecular flexibility index (Phi) is 2.31. The molecule has 10 heavy (non-hydrogen) atoms. The van der Waals surface area contributed by atoms with E-state index in [1.807, 2.05) is 0 Å². The van der Waals surface area contributed by atoms with Gasteiger partial charge in [0.05, 0.1) is 5.75 Å². The molecule has 0 spiro atoms. The second kappa shape index (κ2) is 2.88. The third kappa shape index (κ3) is 2.66. The van der Waals surface area contributed by atoms with Crippen LogP contribution in [0.5, 0.6) is 0 Å². The van der Waals surface area contributed by atoms with E-state index in [0.717, 1.165) is 6.42 Å². The number of rotatable bonds is 3. The Morgan fingerprint density at radius 3 is 2.30 bits per heavy atom. The normalized spacial score (nSPS) is 20.5. The van der Waals surface area contributed by atoms with Crippen molar-refractivity contribution in [2.75, 3.05) is 5.75 Å². The van der Waals surface area contributed by atoms with Gasteiger partial charge in [-0.25, -0.2) is 13.6 Å². The monoisotopic (exact) mass is 163 g/mol. The summed E-state index contributed by atoms with van der Waals surface area (Å²) in [4.78, 5) is 0. The highest BCUT2D eigenvalue weighted by Crippen LogP contribution is 2.29. The predicted octanol–water partition coefficient (Wildman–Crippen LogP) is 0.465. The van der Waals surface area contributed by atoms with Gasteiger partial charge in [0.1, 0.15) is 0 Å². The Labute approximate surface area is 61.7 Å². The zero-order chi connectivity index (χ0) is 7.61. The summed E-state index contributed by atoms with van der Waals surface area (Å²) in [6.07, 6.45) is 4.40. The number of primary sulfonamides is 1. The van der Waals surface area contributed by atoms with Crippen LogP contribution in [0.3, 0.4) is 0 Å². The first-order chi connectivity index (χ1) is 4.58. The molecule has 0 atom stereocenters. The molecule has 0 amide bonds. The van der Waals surface area contributed by atoms with Gasteiger partial charge in [-0.2, -0.15) is 0 Å². The standard InChI is InChI=1S/C6H13NO2S/c7-10(8,9)5-4-6-2-1-3-6/h6H,1-5H2,(H2,7,8,9). The van der Waals surface area contributed by atoms with Crippen LogP contribution in [0.15, 0.2) is 0 Å². The maximum absolute atomic E-state index is 10.5. The molecule has 1 aliphatic carbocycles. The van der Waals surface area contributed by atoms with Crippen molar-refractivity contribution in [3.8, 4) is 0 Å². The lowest BCUT2D eigenvalue weighted by Crippen LogP contribution is -2.21. The average Bonchev–Trinajstić information content (AvgIpc) is 1.56. The van der Waals surface area contributed by atoms with E-state index in [9.17, 15) is 8.42 Å². The molecular formula is C6H13NO2S. The molecule has 0 saturated heterocycles. The summed E-state index contributed by atoms with van der Waals surface area (Å²) in [5.41, 5.74) is 0. The van der Waals surface area contributed by atoms with Crippen molar-refractivity contribution in [2.24, 2.45) is 11.1 Å². The topological polar surface area (TPSA) is 60.2 Å². The van der Waals surface area contributed by atoms with Crippen molar-refractivity contribution in [2.45, 2.75) is 25.7 Å². The molecule has 1 rings (SSSR count). The highest BCUT2D eigenvalue weighted by atomic mass is 32.2. The molecule has 3 nitrogen and oxygen atoms in total. The van der Waals surface area contributed by atoms with Crippen LogP contribution in [0, 0.1) is 5.92 Å². The maximum Gasteiger partial charge on any atom is 0.209 e. The van der Waals surface area contributed by atoms with E-state index in [1.54, 1.807) is 0 Å². The van der Waals surface area contributed by atoms with Crippen LogP contribution in [-0.2, 0) is 10.0 Å². The van der Waals surface area contributed by atoms with Crippen molar-refractivity contribution in [3.63, 3.8) is 0 Å². The first kappa shape index (κ1) is 8.01. The summed E-state index contributed by atoms with van der Waals surface area (Å²) in [6, 6.07) is 0. The molecule has 0 aromatic heterocycles. The van der Waals surface area contributed by atoms with Crippen molar-refractivity contribution in [1.82, 2.24) is 0 Å². The zero-order valence-corrected chi connectivity index (χ0v) is 6.73. The van der Waals surface area contributed by atoms with Crippen LogP contribution < -0.4 is 5.14 Å². The second-order valence-electron chi connectivity index (χ2n) is 2.95. The van der Waals surface area contributed by atoms with E-state index in [1.165, 1.54) is 19.3 Å². The summed E-state index contributed by atoms with van der Waals surface area (Å²) < 4.78 is 20.9. The van der Waals surface area contributed by atoms with Crippen molar-refractivity contribution in [3.05, 3.63) is 0 Å². The smallest absolute Gasteiger partial charge is 0.209 e. The fourth-order valence-corrected chi connectivity index (χ4v) is 1.77. The number of hydrogen-bond acceptors (Lipinski definition) is 2. The molecule has 0 unspecified atom stereocenters. The van der Waals surface area contributed by atoms with Crippen molar-refractivity contribution >= 4 is 10.0 Å². The molecule has 1 aliphatic rings. The van der Waals surface area contributed by atoms with Gasteiger partial charge in [0, 0.05) is 0 Å². The Balaban J connectivity index is 2.16. The number of hydrogen-bond donors (Lipinski definition) is 1. The molecular weight excluding hydrogens is 150 g/mol. The fraction of sp³-hybridized carbons (Fsp3) is 1.00. The van der Waals surface area contributed by atoms with Crippen LogP contribution in [0.25, 0.3) is 0 Å². The number of sulfonamides is 1. The highest BCUT2D eigenvalue weighted by molar-refractivity contribution is 7.89. The predicted molar refractivity (Wildman–Crippen MR) is 39.9 cm³/mol. The van der Waals surface area contributed by atoms with Gasteiger partial charge in [0.25, 0.3) is 0 Å². The third-order valence-corrected chi connectivity index (χ3v) is 2.84. The summed E-state index contributed by atoms with van der Waals surface area (Å²) in [6.45, 7) is 0. The third-order valence-electron chi connectivity index (χ3n) is 2.04. The summed E-state index contributed by atoms with van der Waals surface area (Å²) >= 11 is 0. The molecule has 1 saturated carbocycles. The van der Waals surface area contributed by atoms with E-state index in [0.29, 0.717) is 5.92 Å². The van der Waals surface area contributed by atoms with Gasteiger partial charge in [0.2, 0.25) is 10.0 Å². The van der Waals surface area contributed by atoms with Crippen LogP contribution in [0.2, 0.25) is 0 Å². The molecule has 0 heterocycles. The minimum Gasteiger partial charge on any atom is -0.229 e. The van der Waals surface area contributed by atoms with E-state index in [2.05, 4.69) is 0 Å². The minimum absolute atomic E-state index is 0.164. The number of nitrogens with two attached hydrogens (primary N) is 1. The highest BCUT2D eigenvalue weighted by Gasteiger charge is 2.18. The minimum atomic E-state index is -3.20. The van der Waals surface area contributed by atoms with Crippen LogP contribution in [0.1, 0.15) is 25.7 Å². The SMILES string of the molecule is NS(=O)(=O)CCC1CCC1. The van der Waals surface area contributed by atoms with Gasteiger partial charge in [-0.3, -0.25) is 0 Å². The second-order valence-corrected chi connectivity index (χ2v) is 4.69. The van der Waals surface area contributed by atoms with Crippen molar-refractivity contribution < 1.29 is 8.42 Å². The largest absolute Gasteiger partial charge is 0.229 e. The Morgan fingerprint density at radius 1 is 1.40 bits per heavy atom. The fourth-order valence-electron chi connectivity index (χ4n) is 1.11. The Morgan fingerprint density at radius 2 is 2.00 bits per heavy atom. The molecule has 4 heteroatoms. The maximum atomic E-state index is 10.5. The van der Waals surface area contributed by atoms with Gasteiger partial charge in [-0.1, -0.05) is 19.3 Å². The first-order valence-corrected chi connectivity index (χ1v) is 5.30. The van der Waals surface area contributed by atoms with Gasteiger partial charge in [-0.15, -0.1) is 0 Å². The van der Waals surface area contributed by atoms with Gasteiger partial charge in [-0.05, 0) is 12.3 Å². The summed E-state index contributed by atoms with van der Waals surface area (Å²) in [5.74, 6) is 0.802. The molecule has 0 bridgehead atoms. The summed E-state index contributed by atoms with van der Waals surface area (Å²) in [5, 5.41) is 4.83. The van der Waals surface area contributed by atoms with Crippen LogP contribution in [-0.4, -0.2) is 14.2 Å². The lowest BCUT2D eigenvalue weighted by atomic mass is 9.84. The lowest BCUT2D eigenvalue weighted by molar-refractivity contribution is 0.307. The van der Waals surface area contributed by atoms with E-state index >= 15 is 0 Å². The molecule has 0 radical (unpaired) electrons. The van der Waals surface area contributed by atoms with E-state index in [4.69, 9.17) is 5.14 Å². The van der Waals surface area contributed by atoms with Crippen molar-refractivity contribution in [1.29, 1.82) is 0 Å². The summed E-state index contributed by atoms with van der Waals surface area (Å²) in [7, 11) is -3.20. The van der Waals surface area contributed by atoms with Gasteiger partial charge < -0.3 is 0 Å². The Bertz CT molecular complexity index is 194. The Hall–Kier alpha value is -0.0900. The molecule has 1 fully saturated rings. The van der Waals surface area contributed by atoms with Gasteiger partial charge in [0.15, 0.2) is 0 Å². The lowest BCUT2D eigenvalue weighted by Gasteiger charge is -2.24. The molecule has 2 N–H and O–H groups in total. The molecule has 0 aliphatic heterocycles. The van der Waals surface area contributed by atoms with Crippen LogP contribution in [0.4, 0.5) is 0 Å². The van der Waals surface area contributed by atoms with E-state index < -0.39 is 10.0 Å². The molecule has 60 valence electrons.